The number of amides is 1. The predicted molar refractivity (Wildman–Crippen MR) is 216 cm³/mol. The van der Waals surface area contributed by atoms with Crippen LogP contribution < -0.4 is 0 Å². The molecule has 0 atom stereocenters. The Balaban J connectivity index is 3.97. The predicted octanol–water partition coefficient (Wildman–Crippen LogP) is 13.0. The van der Waals surface area contributed by atoms with Crippen LogP contribution >= 0.6 is 0 Å². The molecule has 0 saturated heterocycles. The monoisotopic (exact) mass is 687 g/mol. The van der Waals surface area contributed by atoms with Crippen molar-refractivity contribution in [3.63, 3.8) is 0 Å². The van der Waals surface area contributed by atoms with E-state index < -0.39 is 0 Å². The number of rotatable bonds is 37. The van der Waals surface area contributed by atoms with E-state index in [1.54, 1.807) is 0 Å². The maximum atomic E-state index is 12.8. The van der Waals surface area contributed by atoms with Crippen LogP contribution in [0.25, 0.3) is 0 Å². The van der Waals surface area contributed by atoms with Crippen LogP contribution in [0.1, 0.15) is 174 Å². The van der Waals surface area contributed by atoms with Gasteiger partial charge in [0.2, 0.25) is 0 Å². The van der Waals surface area contributed by atoms with Crippen LogP contribution in [0.4, 0.5) is 4.79 Å². The second-order valence-electron chi connectivity index (χ2n) is 14.0. The van der Waals surface area contributed by atoms with Crippen LogP contribution in [0.5, 0.6) is 0 Å². The molecule has 0 spiro atoms. The number of hydrogen-bond donors (Lipinski definition) is 0. The summed E-state index contributed by atoms with van der Waals surface area (Å²) in [5.74, 6) is 0. The number of unbranched alkanes of at least 4 members (excludes halogenated alkanes) is 18. The van der Waals surface area contributed by atoms with Crippen molar-refractivity contribution in [3.8, 4) is 0 Å². The van der Waals surface area contributed by atoms with Gasteiger partial charge in [0.15, 0.2) is 0 Å². The van der Waals surface area contributed by atoms with Gasteiger partial charge in [-0.25, -0.2) is 4.79 Å². The lowest BCUT2D eigenvalue weighted by Gasteiger charge is -2.22. The van der Waals surface area contributed by atoms with Gasteiger partial charge in [0.05, 0.1) is 13.2 Å². The van der Waals surface area contributed by atoms with Gasteiger partial charge in [-0.15, -0.1) is 0 Å². The minimum absolute atomic E-state index is 0.182. The molecule has 0 heterocycles. The highest BCUT2D eigenvalue weighted by molar-refractivity contribution is 5.67. The lowest BCUT2D eigenvalue weighted by atomic mass is 10.1. The molecular formula is C44H82N2O3. The summed E-state index contributed by atoms with van der Waals surface area (Å²) < 4.78 is 11.6. The smallest absolute Gasteiger partial charge is 0.409 e. The number of ether oxygens (including phenoxy) is 2. The van der Waals surface area contributed by atoms with E-state index in [1.165, 1.54) is 122 Å². The van der Waals surface area contributed by atoms with E-state index in [9.17, 15) is 4.79 Å². The number of hydrogen-bond acceptors (Lipinski definition) is 4. The van der Waals surface area contributed by atoms with Crippen molar-refractivity contribution in [3.05, 3.63) is 48.6 Å². The van der Waals surface area contributed by atoms with E-state index >= 15 is 0 Å². The third-order valence-electron chi connectivity index (χ3n) is 8.86. The molecule has 0 aliphatic carbocycles. The Kier molecular flexibility index (Phi) is 39.0. The normalized spacial score (nSPS) is 12.2. The van der Waals surface area contributed by atoms with E-state index in [-0.39, 0.29) is 6.09 Å². The lowest BCUT2D eigenvalue weighted by Crippen LogP contribution is -2.36. The Morgan fingerprint density at radius 1 is 0.449 bits per heavy atom. The largest absolute Gasteiger partial charge is 0.449 e. The van der Waals surface area contributed by atoms with Crippen molar-refractivity contribution < 1.29 is 14.3 Å². The Morgan fingerprint density at radius 2 is 0.898 bits per heavy atom. The van der Waals surface area contributed by atoms with Gasteiger partial charge in [0, 0.05) is 26.2 Å². The van der Waals surface area contributed by atoms with E-state index in [0.717, 1.165) is 58.2 Å². The van der Waals surface area contributed by atoms with E-state index in [0.29, 0.717) is 19.8 Å². The summed E-state index contributed by atoms with van der Waals surface area (Å²) in [6.45, 7) is 8.67. The molecule has 0 aromatic carbocycles. The van der Waals surface area contributed by atoms with Gasteiger partial charge in [0.1, 0.15) is 0 Å². The highest BCUT2D eigenvalue weighted by atomic mass is 16.6. The molecule has 0 fully saturated rings. The highest BCUT2D eigenvalue weighted by Crippen LogP contribution is 2.11. The molecule has 0 aromatic rings. The van der Waals surface area contributed by atoms with Gasteiger partial charge in [0.25, 0.3) is 0 Å². The van der Waals surface area contributed by atoms with Gasteiger partial charge in [-0.1, -0.05) is 140 Å². The first-order valence-electron chi connectivity index (χ1n) is 20.9. The van der Waals surface area contributed by atoms with Crippen molar-refractivity contribution in [1.82, 2.24) is 9.80 Å². The fourth-order valence-electron chi connectivity index (χ4n) is 5.69. The highest BCUT2D eigenvalue weighted by Gasteiger charge is 2.14. The first-order chi connectivity index (χ1) is 24.1. The molecule has 5 nitrogen and oxygen atoms in total. The minimum Gasteiger partial charge on any atom is -0.449 e. The molecule has 49 heavy (non-hydrogen) atoms. The second-order valence-corrected chi connectivity index (χ2v) is 14.0. The second kappa shape index (κ2) is 40.6. The molecule has 0 rings (SSSR count). The summed E-state index contributed by atoms with van der Waals surface area (Å²) in [5.41, 5.74) is 0. The summed E-state index contributed by atoms with van der Waals surface area (Å²) in [5, 5.41) is 0. The molecule has 1 amide bonds. The van der Waals surface area contributed by atoms with Gasteiger partial charge in [-0.2, -0.15) is 0 Å². The van der Waals surface area contributed by atoms with E-state index in [2.05, 4.69) is 67.4 Å². The van der Waals surface area contributed by atoms with E-state index in [4.69, 9.17) is 9.47 Å². The third-order valence-corrected chi connectivity index (χ3v) is 8.86. The number of nitrogens with zero attached hydrogens (tertiary/aromatic N) is 2. The molecule has 0 N–H and O–H groups in total. The summed E-state index contributed by atoms with van der Waals surface area (Å²) in [4.78, 5) is 16.8. The number of carbonyl (C=O) groups is 1. The van der Waals surface area contributed by atoms with Gasteiger partial charge >= 0.3 is 6.09 Å². The molecule has 0 radical (unpaired) electrons. The molecular weight excluding hydrogens is 604 g/mol. The van der Waals surface area contributed by atoms with Gasteiger partial charge < -0.3 is 19.3 Å². The quantitative estimate of drug-likeness (QED) is 0.0482. The lowest BCUT2D eigenvalue weighted by molar-refractivity contribution is 0.0716. The standard InChI is InChI=1S/C44H82N2O3/c1-5-7-9-11-13-15-17-19-21-23-25-27-29-31-33-35-39-46(44(47)49-42-37-38-45(3)4)40-43-48-41-36-34-32-30-28-26-24-22-20-18-16-14-12-10-8-6-2/h13-16,19-22H,5-12,17-18,23-43H2,1-4H3/b15-13-,16-14-,21-19-,22-20-. The van der Waals surface area contributed by atoms with Crippen LogP contribution in [-0.4, -0.2) is 69.4 Å². The first-order valence-corrected chi connectivity index (χ1v) is 20.9. The molecule has 0 aromatic heterocycles. The van der Waals surface area contributed by atoms with Crippen LogP contribution in [0.15, 0.2) is 48.6 Å². The molecule has 0 bridgehead atoms. The maximum absolute atomic E-state index is 12.8. The fourth-order valence-corrected chi connectivity index (χ4v) is 5.69. The number of allylic oxidation sites excluding steroid dienone is 8. The summed E-state index contributed by atoms with van der Waals surface area (Å²) in [7, 11) is 4.10. The fraction of sp³-hybridized carbons (Fsp3) is 0.795. The van der Waals surface area contributed by atoms with Crippen molar-refractivity contribution >= 4 is 6.09 Å². The molecule has 0 saturated carbocycles. The summed E-state index contributed by atoms with van der Waals surface area (Å²) >= 11 is 0. The Labute approximate surface area is 306 Å². The zero-order valence-electron chi connectivity index (χ0n) is 33.2. The maximum Gasteiger partial charge on any atom is 0.409 e. The third kappa shape index (κ3) is 38.8. The molecule has 286 valence electrons. The molecule has 5 heteroatoms. The zero-order valence-corrected chi connectivity index (χ0v) is 33.2. The van der Waals surface area contributed by atoms with Crippen LogP contribution in [0, 0.1) is 0 Å². The zero-order chi connectivity index (χ0) is 35.7. The summed E-state index contributed by atoms with van der Waals surface area (Å²) in [6, 6.07) is 0. The minimum atomic E-state index is -0.182. The van der Waals surface area contributed by atoms with Crippen molar-refractivity contribution in [2.75, 3.05) is 53.6 Å². The van der Waals surface area contributed by atoms with E-state index in [1.807, 2.05) is 19.0 Å². The van der Waals surface area contributed by atoms with Crippen molar-refractivity contribution in [2.45, 2.75) is 174 Å². The Morgan fingerprint density at radius 3 is 1.39 bits per heavy atom. The molecule has 0 aliphatic rings. The Bertz CT molecular complexity index is 789. The number of carbonyl (C=O) groups excluding carboxylic acids is 1. The van der Waals surface area contributed by atoms with Crippen molar-refractivity contribution in [1.29, 1.82) is 0 Å². The first kappa shape index (κ1) is 47.1. The average molecular weight is 687 g/mol. The van der Waals surface area contributed by atoms with Gasteiger partial charge in [-0.05, 0) is 97.6 Å². The molecule has 0 unspecified atom stereocenters. The van der Waals surface area contributed by atoms with Gasteiger partial charge in [-0.3, -0.25) is 0 Å². The van der Waals surface area contributed by atoms with Crippen molar-refractivity contribution in [2.24, 2.45) is 0 Å². The topological polar surface area (TPSA) is 42.0 Å². The average Bonchev–Trinajstić information content (AvgIpc) is 3.09. The summed E-state index contributed by atoms with van der Waals surface area (Å²) in [6.07, 6.45) is 49.0. The van der Waals surface area contributed by atoms with Crippen LogP contribution in [0.3, 0.4) is 0 Å². The SMILES string of the molecule is CCCCC/C=C\C/C=C\CCCCCCCCOCCN(CCCCCCCC/C=C\C/C=C\CCCCC)C(=O)OCCCN(C)C. The molecule has 0 aliphatic heterocycles. The Hall–Kier alpha value is -1.85. The van der Waals surface area contributed by atoms with Crippen LogP contribution in [-0.2, 0) is 9.47 Å². The van der Waals surface area contributed by atoms with Crippen LogP contribution in [0.2, 0.25) is 0 Å².